The van der Waals surface area contributed by atoms with Gasteiger partial charge in [-0.1, -0.05) is 0 Å². The number of thiophene rings is 1. The van der Waals surface area contributed by atoms with E-state index in [2.05, 4.69) is 64.8 Å². The van der Waals surface area contributed by atoms with Crippen molar-refractivity contribution in [2.45, 2.75) is 18.4 Å². The van der Waals surface area contributed by atoms with Crippen LogP contribution in [-0.4, -0.2) is 6.26 Å². The molecule has 17 heavy (non-hydrogen) atoms. The highest BCUT2D eigenvalue weighted by molar-refractivity contribution is 9.10. The van der Waals surface area contributed by atoms with Crippen LogP contribution in [0, 0.1) is 6.92 Å². The number of rotatable bonds is 4. The molecule has 0 bridgehead atoms. The van der Waals surface area contributed by atoms with Crippen LogP contribution in [-0.2, 0) is 6.54 Å². The Hall–Kier alpha value is -0.450. The van der Waals surface area contributed by atoms with Crippen molar-refractivity contribution in [2.75, 3.05) is 11.6 Å². The smallest absolute Gasteiger partial charge is 0.0494 e. The summed E-state index contributed by atoms with van der Waals surface area (Å²) in [6, 6.07) is 10.7. The summed E-state index contributed by atoms with van der Waals surface area (Å²) in [4.78, 5) is 3.98. The number of anilines is 1. The molecular formula is C13H14BrNS2. The van der Waals surface area contributed by atoms with Gasteiger partial charge in [-0.15, -0.1) is 23.1 Å². The van der Waals surface area contributed by atoms with E-state index in [-0.39, 0.29) is 0 Å². The third-order valence-corrected chi connectivity index (χ3v) is 5.35. The highest BCUT2D eigenvalue weighted by Gasteiger charge is 2.02. The number of hydrogen-bond donors (Lipinski definition) is 1. The van der Waals surface area contributed by atoms with Crippen molar-refractivity contribution in [2.24, 2.45) is 0 Å². The maximum atomic E-state index is 3.54. The molecule has 1 N–H and O–H groups in total. The van der Waals surface area contributed by atoms with Gasteiger partial charge in [-0.05, 0) is 59.4 Å². The molecule has 0 fully saturated rings. The van der Waals surface area contributed by atoms with Crippen LogP contribution in [0.2, 0.25) is 0 Å². The Bertz CT molecular complexity index is 471. The molecule has 0 atom stereocenters. The Balaban J connectivity index is 1.97. The molecule has 0 saturated carbocycles. The van der Waals surface area contributed by atoms with Gasteiger partial charge in [0.2, 0.25) is 0 Å². The molecule has 0 radical (unpaired) electrons. The third-order valence-electron chi connectivity index (χ3n) is 2.46. The molecule has 0 amide bonds. The Morgan fingerprint density at radius 2 is 2.00 bits per heavy atom. The second kappa shape index (κ2) is 5.94. The fourth-order valence-electron chi connectivity index (χ4n) is 1.50. The lowest BCUT2D eigenvalue weighted by molar-refractivity contribution is 1.19. The summed E-state index contributed by atoms with van der Waals surface area (Å²) in [7, 11) is 0. The number of benzene rings is 1. The van der Waals surface area contributed by atoms with Gasteiger partial charge in [-0.2, -0.15) is 0 Å². The van der Waals surface area contributed by atoms with Gasteiger partial charge >= 0.3 is 0 Å². The molecule has 1 aromatic carbocycles. The molecule has 2 aromatic rings. The minimum Gasteiger partial charge on any atom is -0.380 e. The molecule has 0 spiro atoms. The van der Waals surface area contributed by atoms with Gasteiger partial charge in [-0.25, -0.2) is 0 Å². The van der Waals surface area contributed by atoms with Gasteiger partial charge in [0.15, 0.2) is 0 Å². The van der Waals surface area contributed by atoms with E-state index in [0.29, 0.717) is 0 Å². The molecule has 1 heterocycles. The van der Waals surface area contributed by atoms with E-state index in [1.165, 1.54) is 24.8 Å². The first-order valence-corrected chi connectivity index (χ1v) is 8.15. The Labute approximate surface area is 119 Å². The van der Waals surface area contributed by atoms with E-state index in [1.54, 1.807) is 11.8 Å². The van der Waals surface area contributed by atoms with E-state index in [0.717, 1.165) is 6.54 Å². The summed E-state index contributed by atoms with van der Waals surface area (Å²) < 4.78 is 1.21. The number of hydrogen-bond acceptors (Lipinski definition) is 3. The van der Waals surface area contributed by atoms with Crippen molar-refractivity contribution in [3.8, 4) is 0 Å². The van der Waals surface area contributed by atoms with E-state index in [4.69, 9.17) is 0 Å². The molecule has 4 heteroatoms. The highest BCUT2D eigenvalue weighted by atomic mass is 79.9. The Kier molecular flexibility index (Phi) is 4.54. The second-order valence-corrected chi connectivity index (χ2v) is 6.77. The molecule has 0 aliphatic rings. The summed E-state index contributed by atoms with van der Waals surface area (Å²) in [5, 5.41) is 3.43. The monoisotopic (exact) mass is 327 g/mol. The topological polar surface area (TPSA) is 12.0 Å². The molecule has 0 saturated heterocycles. The standard InChI is InChI=1S/C13H14BrNS2/c1-9-13(14)7-12(17-9)8-15-10-3-5-11(16-2)6-4-10/h3-7,15H,8H2,1-2H3. The van der Waals surface area contributed by atoms with Crippen molar-refractivity contribution in [1.29, 1.82) is 0 Å². The van der Waals surface area contributed by atoms with Crippen molar-refractivity contribution >= 4 is 44.7 Å². The zero-order chi connectivity index (χ0) is 12.3. The lowest BCUT2D eigenvalue weighted by Crippen LogP contribution is -1.96. The fraction of sp³-hybridized carbons (Fsp3) is 0.231. The predicted molar refractivity (Wildman–Crippen MR) is 82.3 cm³/mol. The summed E-state index contributed by atoms with van der Waals surface area (Å²) in [5.74, 6) is 0. The van der Waals surface area contributed by atoms with Gasteiger partial charge in [0.05, 0.1) is 0 Å². The number of aryl methyl sites for hydroxylation is 1. The van der Waals surface area contributed by atoms with Crippen LogP contribution in [0.25, 0.3) is 0 Å². The molecule has 0 unspecified atom stereocenters. The molecule has 1 nitrogen and oxygen atoms in total. The molecular weight excluding hydrogens is 314 g/mol. The van der Waals surface area contributed by atoms with Crippen LogP contribution in [0.15, 0.2) is 39.7 Å². The van der Waals surface area contributed by atoms with Crippen LogP contribution in [0.4, 0.5) is 5.69 Å². The van der Waals surface area contributed by atoms with Gasteiger partial charge in [0.1, 0.15) is 0 Å². The largest absolute Gasteiger partial charge is 0.380 e. The van der Waals surface area contributed by atoms with Crippen LogP contribution >= 0.6 is 39.0 Å². The van der Waals surface area contributed by atoms with Gasteiger partial charge in [0.25, 0.3) is 0 Å². The predicted octanol–water partition coefficient (Wildman–Crippen LogP) is 5.15. The molecule has 90 valence electrons. The first-order valence-electron chi connectivity index (χ1n) is 5.32. The van der Waals surface area contributed by atoms with E-state index in [9.17, 15) is 0 Å². The van der Waals surface area contributed by atoms with E-state index >= 15 is 0 Å². The Morgan fingerprint density at radius 3 is 2.53 bits per heavy atom. The summed E-state index contributed by atoms with van der Waals surface area (Å²) in [6.45, 7) is 3.02. The van der Waals surface area contributed by atoms with Crippen molar-refractivity contribution in [3.63, 3.8) is 0 Å². The number of nitrogens with one attached hydrogen (secondary N) is 1. The van der Waals surface area contributed by atoms with E-state index in [1.807, 2.05) is 11.3 Å². The zero-order valence-corrected chi connectivity index (χ0v) is 13.0. The SMILES string of the molecule is CSc1ccc(NCc2cc(Br)c(C)s2)cc1. The first-order chi connectivity index (χ1) is 8.19. The lowest BCUT2D eigenvalue weighted by Gasteiger charge is -2.05. The van der Waals surface area contributed by atoms with Gasteiger partial charge in [0, 0.05) is 31.4 Å². The van der Waals surface area contributed by atoms with E-state index < -0.39 is 0 Å². The molecule has 0 aliphatic heterocycles. The van der Waals surface area contributed by atoms with Gasteiger partial charge in [-0.3, -0.25) is 0 Å². The molecule has 1 aromatic heterocycles. The van der Waals surface area contributed by atoms with Crippen molar-refractivity contribution in [1.82, 2.24) is 0 Å². The zero-order valence-electron chi connectivity index (χ0n) is 9.79. The highest BCUT2D eigenvalue weighted by Crippen LogP contribution is 2.27. The summed E-state index contributed by atoms with van der Waals surface area (Å²) >= 11 is 7.13. The van der Waals surface area contributed by atoms with Crippen LogP contribution in [0.3, 0.4) is 0 Å². The molecule has 0 aliphatic carbocycles. The average molecular weight is 328 g/mol. The normalized spacial score (nSPS) is 10.5. The number of thioether (sulfide) groups is 1. The fourth-order valence-corrected chi connectivity index (χ4v) is 3.45. The molecule has 2 rings (SSSR count). The van der Waals surface area contributed by atoms with Crippen molar-refractivity contribution in [3.05, 3.63) is 44.6 Å². The van der Waals surface area contributed by atoms with Crippen LogP contribution < -0.4 is 5.32 Å². The minimum absolute atomic E-state index is 0.885. The summed E-state index contributed by atoms with van der Waals surface area (Å²) in [5.41, 5.74) is 1.17. The second-order valence-electron chi connectivity index (χ2n) is 3.70. The Morgan fingerprint density at radius 1 is 1.29 bits per heavy atom. The van der Waals surface area contributed by atoms with Gasteiger partial charge < -0.3 is 5.32 Å². The number of halogens is 1. The van der Waals surface area contributed by atoms with Crippen LogP contribution in [0.1, 0.15) is 9.75 Å². The lowest BCUT2D eigenvalue weighted by atomic mass is 10.3. The average Bonchev–Trinajstić information content (AvgIpc) is 2.67. The third kappa shape index (κ3) is 3.50. The van der Waals surface area contributed by atoms with Crippen LogP contribution in [0.5, 0.6) is 0 Å². The van der Waals surface area contributed by atoms with Crippen molar-refractivity contribution < 1.29 is 0 Å². The quantitative estimate of drug-likeness (QED) is 0.779. The maximum absolute atomic E-state index is 3.54. The first kappa shape index (κ1) is 13.0. The minimum atomic E-state index is 0.885. The summed E-state index contributed by atoms with van der Waals surface area (Å²) in [6.07, 6.45) is 2.09. The maximum Gasteiger partial charge on any atom is 0.0494 e.